The molecule has 1 aliphatic rings. The van der Waals surface area contributed by atoms with Gasteiger partial charge in [-0.15, -0.1) is 6.58 Å². The molecule has 12 heteroatoms. The number of halogens is 3. The van der Waals surface area contributed by atoms with Crippen molar-refractivity contribution in [2.75, 3.05) is 0 Å². The van der Waals surface area contributed by atoms with E-state index in [9.17, 15) is 18.4 Å². The molecule has 8 nitrogen and oxygen atoms in total. The lowest BCUT2D eigenvalue weighted by atomic mass is 9.88. The van der Waals surface area contributed by atoms with Gasteiger partial charge in [-0.3, -0.25) is 19.6 Å². The Kier molecular flexibility index (Phi) is 17.2. The number of hydrogen-bond donors (Lipinski definition) is 0. The predicted octanol–water partition coefficient (Wildman–Crippen LogP) is 14.8. The molecule has 0 saturated carbocycles. The Hall–Kier alpha value is -6.27. The maximum atomic E-state index is 13.0. The minimum Gasteiger partial charge on any atom is -0.457 e. The molecule has 0 bridgehead atoms. The van der Waals surface area contributed by atoms with Crippen LogP contribution in [0.2, 0.25) is 5.02 Å². The molecular weight excluding hydrogens is 881 g/mol. The minimum atomic E-state index is -0.427. The number of carbonyl (C=O) groups is 2. The third-order valence-electron chi connectivity index (χ3n) is 11.2. The van der Waals surface area contributed by atoms with E-state index in [-0.39, 0.29) is 54.4 Å². The summed E-state index contributed by atoms with van der Waals surface area (Å²) in [4.78, 5) is 34.0. The monoisotopic (exact) mass is 940 g/mol. The van der Waals surface area contributed by atoms with E-state index in [0.29, 0.717) is 39.4 Å². The Morgan fingerprint density at radius 2 is 0.956 bits per heavy atom. The lowest BCUT2D eigenvalue weighted by Crippen LogP contribution is -2.41. The van der Waals surface area contributed by atoms with Gasteiger partial charge in [0.1, 0.15) is 46.2 Å². The van der Waals surface area contributed by atoms with Gasteiger partial charge in [-0.25, -0.2) is 8.78 Å². The number of ether oxygens (including phenoxy) is 2. The number of carbonyl (C=O) groups excluding carboxylic acids is 2. The summed E-state index contributed by atoms with van der Waals surface area (Å²) in [6.07, 6.45) is 2.27. The highest BCUT2D eigenvalue weighted by molar-refractivity contribution is 6.51. The van der Waals surface area contributed by atoms with Gasteiger partial charge in [0.25, 0.3) is 0 Å². The molecule has 3 heterocycles. The fourth-order valence-corrected chi connectivity index (χ4v) is 6.50. The Morgan fingerprint density at radius 3 is 1.29 bits per heavy atom. The van der Waals surface area contributed by atoms with Gasteiger partial charge in [0.2, 0.25) is 0 Å². The van der Waals surface area contributed by atoms with E-state index in [0.717, 1.165) is 28.1 Å². The molecule has 7 rings (SSSR count). The van der Waals surface area contributed by atoms with Crippen molar-refractivity contribution in [1.29, 1.82) is 0 Å². The van der Waals surface area contributed by atoms with Gasteiger partial charge < -0.3 is 18.8 Å². The van der Waals surface area contributed by atoms with E-state index in [4.69, 9.17) is 30.4 Å². The molecular formula is C56H60BClF2N2O6. The van der Waals surface area contributed by atoms with Crippen LogP contribution in [0.4, 0.5) is 8.78 Å². The summed E-state index contributed by atoms with van der Waals surface area (Å²) in [5, 5.41) is 0.536. The molecule has 0 N–H and O–H groups in total. The third kappa shape index (κ3) is 15.1. The molecule has 0 atom stereocenters. The molecule has 1 saturated heterocycles. The molecule has 0 unspecified atom stereocenters. The molecule has 2 aromatic heterocycles. The first kappa shape index (κ1) is 52.7. The zero-order valence-corrected chi connectivity index (χ0v) is 41.3. The van der Waals surface area contributed by atoms with Crippen molar-refractivity contribution < 1.29 is 37.2 Å². The van der Waals surface area contributed by atoms with Gasteiger partial charge in [0.15, 0.2) is 0 Å². The van der Waals surface area contributed by atoms with Crippen LogP contribution in [0.5, 0.6) is 23.0 Å². The van der Waals surface area contributed by atoms with Crippen LogP contribution < -0.4 is 9.47 Å². The summed E-state index contributed by atoms with van der Waals surface area (Å²) in [6, 6.07) is 33.9. The number of aromatic nitrogens is 2. The summed E-state index contributed by atoms with van der Waals surface area (Å²) in [7, 11) is -0.250. The van der Waals surface area contributed by atoms with Crippen LogP contribution in [0.15, 0.2) is 140 Å². The van der Waals surface area contributed by atoms with E-state index in [2.05, 4.69) is 23.1 Å². The molecule has 354 valence electrons. The van der Waals surface area contributed by atoms with Crippen LogP contribution in [0.1, 0.15) is 86.2 Å². The minimum absolute atomic E-state index is 0.108. The van der Waals surface area contributed by atoms with Gasteiger partial charge in [-0.05, 0) is 155 Å². The molecule has 6 aromatic rings. The fraction of sp³-hybridized carbons (Fsp3) is 0.286. The Balaban J connectivity index is 0.000000209. The number of benzene rings is 4. The van der Waals surface area contributed by atoms with Crippen LogP contribution in [0.25, 0.3) is 28.6 Å². The Bertz CT molecular complexity index is 2680. The van der Waals surface area contributed by atoms with E-state index in [1.54, 1.807) is 60.6 Å². The van der Waals surface area contributed by atoms with Gasteiger partial charge in [0.05, 0.1) is 22.6 Å². The first-order chi connectivity index (χ1) is 31.8. The molecule has 0 amide bonds. The van der Waals surface area contributed by atoms with Crippen LogP contribution in [0.3, 0.4) is 0 Å². The van der Waals surface area contributed by atoms with Crippen molar-refractivity contribution in [2.45, 2.75) is 93.3 Å². The van der Waals surface area contributed by atoms with Crippen LogP contribution >= 0.6 is 11.6 Å². The highest BCUT2D eigenvalue weighted by Crippen LogP contribution is 2.37. The number of hydrogen-bond acceptors (Lipinski definition) is 8. The molecule has 1 aliphatic heterocycles. The SMILES string of the molecule is C=CB1OC(C)(C)C(C)(C)O1.C=Cc1cc(CC(=O)C(C)(C)C)nc(-c2ccc(Oc3ccc(F)cc3)cc2)c1.CC(C)(C)C(=O)Cc1cc(Cl)cc(-c2ccc(Oc3ccc(F)cc3)cc2)n1. The highest BCUT2D eigenvalue weighted by Gasteiger charge is 2.49. The predicted molar refractivity (Wildman–Crippen MR) is 270 cm³/mol. The van der Waals surface area contributed by atoms with E-state index >= 15 is 0 Å². The second-order valence-corrected chi connectivity index (χ2v) is 19.8. The van der Waals surface area contributed by atoms with Crippen molar-refractivity contribution in [1.82, 2.24) is 9.97 Å². The van der Waals surface area contributed by atoms with Gasteiger partial charge in [-0.2, -0.15) is 0 Å². The van der Waals surface area contributed by atoms with Gasteiger partial charge in [0, 0.05) is 51.2 Å². The van der Waals surface area contributed by atoms with Crippen molar-refractivity contribution in [3.05, 3.63) is 174 Å². The lowest BCUT2D eigenvalue weighted by molar-refractivity contribution is -0.126. The number of pyridine rings is 2. The maximum absolute atomic E-state index is 13.0. The Morgan fingerprint density at radius 1 is 0.603 bits per heavy atom. The topological polar surface area (TPSA) is 96.8 Å². The highest BCUT2D eigenvalue weighted by atomic mass is 35.5. The van der Waals surface area contributed by atoms with Crippen molar-refractivity contribution >= 4 is 36.4 Å². The first-order valence-electron chi connectivity index (χ1n) is 22.3. The number of nitrogens with zero attached hydrogens (tertiary/aromatic N) is 2. The standard InChI is InChI=1S/C25H24FNO2.C23H21ClFNO2.C8H15BO2/c1-5-17-14-20(16-24(28)25(2,3)4)27-23(15-17)18-6-10-21(11-7-18)29-22-12-8-19(26)9-13-22;1-23(2,3)22(27)14-18-12-16(24)13-21(26-18)15-4-8-19(9-5-15)28-20-10-6-17(25)7-11-20;1-6-9-10-7(2,3)8(4,5)11-9/h5-15H,1,16H2,2-4H3;4-13H,14H2,1-3H3;6H,1H2,2-5H3. The van der Waals surface area contributed by atoms with Crippen LogP contribution in [-0.4, -0.2) is 39.9 Å². The maximum Gasteiger partial charge on any atom is 0.486 e. The summed E-state index contributed by atoms with van der Waals surface area (Å²) < 4.78 is 48.6. The van der Waals surface area contributed by atoms with Crippen LogP contribution in [0, 0.1) is 22.5 Å². The smallest absolute Gasteiger partial charge is 0.457 e. The molecule has 0 aliphatic carbocycles. The van der Waals surface area contributed by atoms with Crippen molar-refractivity contribution in [3.63, 3.8) is 0 Å². The normalized spacial score (nSPS) is 13.8. The zero-order valence-electron chi connectivity index (χ0n) is 40.6. The van der Waals surface area contributed by atoms with Gasteiger partial charge >= 0.3 is 7.12 Å². The lowest BCUT2D eigenvalue weighted by Gasteiger charge is -2.32. The number of ketones is 2. The quantitative estimate of drug-likeness (QED) is 0.112. The molecule has 68 heavy (non-hydrogen) atoms. The van der Waals surface area contributed by atoms with E-state index in [1.807, 2.05) is 118 Å². The molecule has 1 fully saturated rings. The largest absolute Gasteiger partial charge is 0.486 e. The van der Waals surface area contributed by atoms with E-state index < -0.39 is 10.8 Å². The number of Topliss-reactive ketones (excluding diaryl/α,β-unsaturated/α-hetero) is 2. The van der Waals surface area contributed by atoms with E-state index in [1.165, 1.54) is 24.3 Å². The molecule has 0 radical (unpaired) electrons. The summed E-state index contributed by atoms with van der Waals surface area (Å²) in [5.41, 5.74) is 4.22. The third-order valence-corrected chi connectivity index (χ3v) is 11.4. The van der Waals surface area contributed by atoms with Crippen molar-refractivity contribution in [2.24, 2.45) is 10.8 Å². The average Bonchev–Trinajstić information content (AvgIpc) is 3.50. The van der Waals surface area contributed by atoms with Crippen molar-refractivity contribution in [3.8, 4) is 45.5 Å². The molecule has 0 spiro atoms. The summed E-state index contributed by atoms with van der Waals surface area (Å²) in [6.45, 7) is 27.0. The summed E-state index contributed by atoms with van der Waals surface area (Å²) >= 11 is 6.24. The van der Waals surface area contributed by atoms with Gasteiger partial charge in [-0.1, -0.05) is 71.8 Å². The zero-order chi connectivity index (χ0) is 50.0. The Labute approximate surface area is 405 Å². The fourth-order valence-electron chi connectivity index (χ4n) is 6.27. The average molecular weight is 941 g/mol. The first-order valence-corrected chi connectivity index (χ1v) is 22.6. The summed E-state index contributed by atoms with van der Waals surface area (Å²) in [5.74, 6) is 3.70. The number of rotatable bonds is 12. The second-order valence-electron chi connectivity index (χ2n) is 19.4. The van der Waals surface area contributed by atoms with Crippen LogP contribution in [-0.2, 0) is 31.7 Å². The second kappa shape index (κ2) is 22.2. The molecule has 4 aromatic carbocycles.